The Balaban J connectivity index is 1.44. The molecule has 2 aliphatic heterocycles. The second-order valence-corrected chi connectivity index (χ2v) is 8.16. The highest BCUT2D eigenvalue weighted by atomic mass is 35.5. The van der Waals surface area contributed by atoms with Gasteiger partial charge in [0.2, 0.25) is 5.91 Å². The molecule has 0 aliphatic carbocycles. The molecule has 0 saturated carbocycles. The Morgan fingerprint density at radius 1 is 1.13 bits per heavy atom. The Morgan fingerprint density at radius 2 is 1.90 bits per heavy atom. The molecule has 1 fully saturated rings. The topological polar surface area (TPSA) is 81.8 Å². The van der Waals surface area contributed by atoms with Crippen LogP contribution in [0.5, 0.6) is 0 Å². The number of aromatic amines is 1. The van der Waals surface area contributed by atoms with Crippen LogP contribution in [0.3, 0.4) is 0 Å². The van der Waals surface area contributed by atoms with Crippen LogP contribution in [0.2, 0.25) is 10.0 Å². The summed E-state index contributed by atoms with van der Waals surface area (Å²) < 4.78 is 4.95. The van der Waals surface area contributed by atoms with Crippen LogP contribution >= 0.6 is 23.2 Å². The molecule has 2 aromatic rings. The van der Waals surface area contributed by atoms with E-state index < -0.39 is 0 Å². The maximum atomic E-state index is 13.1. The lowest BCUT2D eigenvalue weighted by Gasteiger charge is -2.36. The highest BCUT2D eigenvalue weighted by Gasteiger charge is 2.31. The number of fused-ring (bicyclic) bond motifs is 1. The van der Waals surface area contributed by atoms with Gasteiger partial charge in [-0.3, -0.25) is 14.7 Å². The number of amides is 2. The molecule has 0 bridgehead atoms. The van der Waals surface area contributed by atoms with Crippen molar-refractivity contribution in [3.8, 4) is 0 Å². The van der Waals surface area contributed by atoms with Gasteiger partial charge < -0.3 is 19.4 Å². The van der Waals surface area contributed by atoms with Gasteiger partial charge in [-0.25, -0.2) is 0 Å². The maximum absolute atomic E-state index is 13.1. The van der Waals surface area contributed by atoms with E-state index >= 15 is 0 Å². The number of nitrogens with one attached hydrogen (secondary N) is 1. The summed E-state index contributed by atoms with van der Waals surface area (Å²) in [6, 6.07) is 5.56. The Morgan fingerprint density at radius 3 is 2.63 bits per heavy atom. The molecule has 0 unspecified atom stereocenters. The van der Waals surface area contributed by atoms with Crippen LogP contribution in [-0.4, -0.2) is 78.3 Å². The van der Waals surface area contributed by atoms with Gasteiger partial charge in [-0.2, -0.15) is 5.10 Å². The lowest BCUT2D eigenvalue weighted by atomic mass is 10.0. The highest BCUT2D eigenvalue weighted by molar-refractivity contribution is 6.43. The van der Waals surface area contributed by atoms with Gasteiger partial charge in [-0.15, -0.1) is 0 Å². The number of piperazine rings is 1. The summed E-state index contributed by atoms with van der Waals surface area (Å²) in [5, 5.41) is 8.30. The summed E-state index contributed by atoms with van der Waals surface area (Å²) in [7, 11) is 1.50. The molecule has 160 valence electrons. The van der Waals surface area contributed by atoms with Gasteiger partial charge in [0.15, 0.2) is 5.69 Å². The van der Waals surface area contributed by atoms with Gasteiger partial charge in [0.25, 0.3) is 5.91 Å². The number of ether oxygens (including phenoxy) is 1. The minimum Gasteiger partial charge on any atom is -0.375 e. The largest absolute Gasteiger partial charge is 0.375 e. The van der Waals surface area contributed by atoms with E-state index in [0.717, 1.165) is 16.9 Å². The maximum Gasteiger partial charge on any atom is 0.274 e. The molecule has 8 nitrogen and oxygen atoms in total. The number of benzene rings is 1. The van der Waals surface area contributed by atoms with Gasteiger partial charge in [0.05, 0.1) is 15.7 Å². The predicted molar refractivity (Wildman–Crippen MR) is 114 cm³/mol. The molecule has 2 amide bonds. The number of aromatic nitrogens is 2. The van der Waals surface area contributed by atoms with Gasteiger partial charge >= 0.3 is 0 Å². The normalized spacial score (nSPS) is 16.6. The Bertz CT molecular complexity index is 956. The quantitative estimate of drug-likeness (QED) is 0.770. The molecule has 0 spiro atoms. The zero-order valence-electron chi connectivity index (χ0n) is 16.7. The molecule has 1 saturated heterocycles. The Hall–Kier alpha value is -2.29. The van der Waals surface area contributed by atoms with E-state index in [-0.39, 0.29) is 18.4 Å². The van der Waals surface area contributed by atoms with Crippen molar-refractivity contribution in [2.24, 2.45) is 0 Å². The van der Waals surface area contributed by atoms with E-state index in [1.54, 1.807) is 15.9 Å². The van der Waals surface area contributed by atoms with Crippen LogP contribution in [0.25, 0.3) is 0 Å². The van der Waals surface area contributed by atoms with Crippen LogP contribution in [0.1, 0.15) is 21.7 Å². The monoisotopic (exact) mass is 451 g/mol. The van der Waals surface area contributed by atoms with E-state index in [1.807, 2.05) is 12.1 Å². The van der Waals surface area contributed by atoms with Crippen molar-refractivity contribution in [3.05, 3.63) is 45.2 Å². The van der Waals surface area contributed by atoms with Gasteiger partial charge in [-0.1, -0.05) is 29.3 Å². The molecule has 1 N–H and O–H groups in total. The zero-order valence-corrected chi connectivity index (χ0v) is 18.2. The average molecular weight is 452 g/mol. The average Bonchev–Trinajstić information content (AvgIpc) is 3.19. The van der Waals surface area contributed by atoms with Crippen LogP contribution in [0.4, 0.5) is 5.69 Å². The van der Waals surface area contributed by atoms with Crippen molar-refractivity contribution < 1.29 is 14.3 Å². The number of hydrogen-bond acceptors (Lipinski definition) is 5. The molecule has 1 aromatic carbocycles. The summed E-state index contributed by atoms with van der Waals surface area (Å²) >= 11 is 12.5. The molecule has 4 rings (SSSR count). The SMILES string of the molecule is COCC(=O)N1CCc2[nH]nc(C(=O)N3CCN(c4cccc(Cl)c4Cl)CC3)c2C1. The van der Waals surface area contributed by atoms with Crippen molar-refractivity contribution in [2.45, 2.75) is 13.0 Å². The first-order chi connectivity index (χ1) is 14.5. The van der Waals surface area contributed by atoms with Crippen molar-refractivity contribution in [2.75, 3.05) is 51.3 Å². The standard InChI is InChI=1S/C20H23Cl2N5O3/c1-30-12-17(28)27-6-5-15-13(11-27)19(24-23-15)20(29)26-9-7-25(8-10-26)16-4-2-3-14(21)18(16)22/h2-4H,5-12H2,1H3,(H,23,24). The van der Waals surface area contributed by atoms with E-state index in [4.69, 9.17) is 27.9 Å². The summed E-state index contributed by atoms with van der Waals surface area (Å²) in [5.74, 6) is -0.208. The summed E-state index contributed by atoms with van der Waals surface area (Å²) in [6.07, 6.45) is 0.645. The minimum absolute atomic E-state index is 0.0322. The fraction of sp³-hybridized carbons (Fsp3) is 0.450. The van der Waals surface area contributed by atoms with Crippen molar-refractivity contribution >= 4 is 40.7 Å². The van der Waals surface area contributed by atoms with E-state index in [9.17, 15) is 9.59 Å². The van der Waals surface area contributed by atoms with E-state index in [1.165, 1.54) is 7.11 Å². The van der Waals surface area contributed by atoms with Crippen LogP contribution in [0.15, 0.2) is 18.2 Å². The number of anilines is 1. The van der Waals surface area contributed by atoms with Crippen LogP contribution in [-0.2, 0) is 22.5 Å². The molecular weight excluding hydrogens is 429 g/mol. The number of rotatable bonds is 4. The van der Waals surface area contributed by atoms with Gasteiger partial charge in [0.1, 0.15) is 6.61 Å². The van der Waals surface area contributed by atoms with Crippen LogP contribution < -0.4 is 4.90 Å². The molecule has 3 heterocycles. The lowest BCUT2D eigenvalue weighted by Crippen LogP contribution is -2.49. The molecule has 1 aromatic heterocycles. The number of H-pyrrole nitrogens is 1. The fourth-order valence-electron chi connectivity index (χ4n) is 3.94. The molecule has 10 heteroatoms. The lowest BCUT2D eigenvalue weighted by molar-refractivity contribution is -0.136. The first-order valence-electron chi connectivity index (χ1n) is 9.80. The number of carbonyl (C=O) groups is 2. The molecular formula is C20H23Cl2N5O3. The Kier molecular flexibility index (Phi) is 6.17. The highest BCUT2D eigenvalue weighted by Crippen LogP contribution is 2.33. The molecule has 0 radical (unpaired) electrons. The van der Waals surface area contributed by atoms with E-state index in [0.29, 0.717) is 61.4 Å². The number of hydrogen-bond donors (Lipinski definition) is 1. The zero-order chi connectivity index (χ0) is 21.3. The minimum atomic E-state index is -0.120. The third-order valence-electron chi connectivity index (χ3n) is 5.60. The second kappa shape index (κ2) is 8.83. The second-order valence-electron chi connectivity index (χ2n) is 7.38. The third kappa shape index (κ3) is 3.99. The first-order valence-corrected chi connectivity index (χ1v) is 10.6. The summed E-state index contributed by atoms with van der Waals surface area (Å²) in [6.45, 7) is 3.39. The predicted octanol–water partition coefficient (Wildman–Crippen LogP) is 2.21. The molecule has 0 atom stereocenters. The van der Waals surface area contributed by atoms with Crippen molar-refractivity contribution in [3.63, 3.8) is 0 Å². The number of methoxy groups -OCH3 is 1. The summed E-state index contributed by atoms with van der Waals surface area (Å²) in [4.78, 5) is 31.0. The third-order valence-corrected chi connectivity index (χ3v) is 6.40. The first kappa shape index (κ1) is 21.0. The van der Waals surface area contributed by atoms with Gasteiger partial charge in [0, 0.05) is 64.1 Å². The number of halogens is 2. The smallest absolute Gasteiger partial charge is 0.274 e. The fourth-order valence-corrected chi connectivity index (χ4v) is 4.35. The van der Waals surface area contributed by atoms with Gasteiger partial charge in [-0.05, 0) is 12.1 Å². The molecule has 30 heavy (non-hydrogen) atoms. The summed E-state index contributed by atoms with van der Waals surface area (Å²) in [5.41, 5.74) is 3.00. The number of carbonyl (C=O) groups excluding carboxylic acids is 2. The van der Waals surface area contributed by atoms with Crippen LogP contribution in [0, 0.1) is 0 Å². The Labute approximate surface area is 184 Å². The van der Waals surface area contributed by atoms with Crippen molar-refractivity contribution in [1.29, 1.82) is 0 Å². The number of nitrogens with zero attached hydrogens (tertiary/aromatic N) is 4. The molecule has 2 aliphatic rings. The van der Waals surface area contributed by atoms with E-state index in [2.05, 4.69) is 15.1 Å². The van der Waals surface area contributed by atoms with Crippen molar-refractivity contribution in [1.82, 2.24) is 20.0 Å².